The lowest BCUT2D eigenvalue weighted by Gasteiger charge is -2.11. The number of sulfone groups is 1. The summed E-state index contributed by atoms with van der Waals surface area (Å²) in [5.74, 6) is 0.939. The Labute approximate surface area is 144 Å². The number of hydrogen-bond donors (Lipinski definition) is 2. The van der Waals surface area contributed by atoms with E-state index in [0.29, 0.717) is 19.0 Å². The standard InChI is InChI=1S/C14H23N3O2S.HI/c1-3-15-14(16-10-11-20(18,19)4-2)17-12-13-8-6-5-7-9-13;/h5-9H,3-4,10-12H2,1-2H3,(H2,15,16,17);1H. The van der Waals surface area contributed by atoms with Crippen molar-refractivity contribution in [2.24, 2.45) is 4.99 Å². The Balaban J connectivity index is 0.00000400. The van der Waals surface area contributed by atoms with Crippen LogP contribution in [0.2, 0.25) is 0 Å². The summed E-state index contributed by atoms with van der Waals surface area (Å²) in [5.41, 5.74) is 1.12. The van der Waals surface area contributed by atoms with Crippen molar-refractivity contribution in [2.75, 3.05) is 24.6 Å². The average Bonchev–Trinajstić information content (AvgIpc) is 2.46. The van der Waals surface area contributed by atoms with Gasteiger partial charge in [-0.1, -0.05) is 37.3 Å². The minimum absolute atomic E-state index is 0. The van der Waals surface area contributed by atoms with Crippen molar-refractivity contribution in [3.63, 3.8) is 0 Å². The van der Waals surface area contributed by atoms with Crippen LogP contribution in [0.4, 0.5) is 0 Å². The van der Waals surface area contributed by atoms with Crippen molar-refractivity contribution in [3.8, 4) is 0 Å². The molecule has 0 aliphatic heterocycles. The van der Waals surface area contributed by atoms with Gasteiger partial charge in [0, 0.05) is 18.8 Å². The molecule has 7 heteroatoms. The SMILES string of the molecule is CCNC(=NCc1ccccc1)NCCS(=O)(=O)CC.I. The highest BCUT2D eigenvalue weighted by Gasteiger charge is 2.07. The first-order valence-electron chi connectivity index (χ1n) is 6.84. The molecule has 0 fully saturated rings. The molecule has 0 aliphatic rings. The molecule has 0 spiro atoms. The first-order valence-corrected chi connectivity index (χ1v) is 8.66. The maximum Gasteiger partial charge on any atom is 0.191 e. The van der Waals surface area contributed by atoms with E-state index in [2.05, 4.69) is 15.6 Å². The molecule has 0 radical (unpaired) electrons. The van der Waals surface area contributed by atoms with Gasteiger partial charge < -0.3 is 10.6 Å². The van der Waals surface area contributed by atoms with E-state index >= 15 is 0 Å². The third-order valence-electron chi connectivity index (χ3n) is 2.75. The monoisotopic (exact) mass is 425 g/mol. The second kappa shape index (κ2) is 10.8. The highest BCUT2D eigenvalue weighted by atomic mass is 127. The molecule has 0 heterocycles. The lowest BCUT2D eigenvalue weighted by molar-refractivity contribution is 0.595. The van der Waals surface area contributed by atoms with E-state index in [1.165, 1.54) is 0 Å². The third kappa shape index (κ3) is 8.92. The molecule has 0 saturated carbocycles. The van der Waals surface area contributed by atoms with Crippen LogP contribution in [0.25, 0.3) is 0 Å². The Morgan fingerprint density at radius 1 is 1.14 bits per heavy atom. The van der Waals surface area contributed by atoms with E-state index in [1.54, 1.807) is 6.92 Å². The molecule has 1 aromatic carbocycles. The second-order valence-corrected chi connectivity index (χ2v) is 6.82. The zero-order valence-corrected chi connectivity index (χ0v) is 15.6. The number of guanidine groups is 1. The maximum atomic E-state index is 11.4. The van der Waals surface area contributed by atoms with Gasteiger partial charge in [-0.05, 0) is 12.5 Å². The molecule has 1 rings (SSSR count). The van der Waals surface area contributed by atoms with Gasteiger partial charge in [0.25, 0.3) is 0 Å². The van der Waals surface area contributed by atoms with Gasteiger partial charge in [-0.2, -0.15) is 0 Å². The normalized spacial score (nSPS) is 11.6. The van der Waals surface area contributed by atoms with Gasteiger partial charge in [0.2, 0.25) is 0 Å². The fraction of sp³-hybridized carbons (Fsp3) is 0.500. The van der Waals surface area contributed by atoms with Crippen molar-refractivity contribution >= 4 is 39.8 Å². The molecule has 2 N–H and O–H groups in total. The second-order valence-electron chi connectivity index (χ2n) is 4.34. The summed E-state index contributed by atoms with van der Waals surface area (Å²) in [5, 5.41) is 6.14. The number of aliphatic imine (C=N–C) groups is 1. The first-order chi connectivity index (χ1) is 9.57. The van der Waals surface area contributed by atoms with Crippen molar-refractivity contribution in [1.82, 2.24) is 10.6 Å². The number of halogens is 1. The van der Waals surface area contributed by atoms with Crippen LogP contribution in [0.15, 0.2) is 35.3 Å². The number of benzene rings is 1. The quantitative estimate of drug-likeness (QED) is 0.397. The van der Waals surface area contributed by atoms with E-state index in [4.69, 9.17) is 0 Å². The van der Waals surface area contributed by atoms with Crippen LogP contribution >= 0.6 is 24.0 Å². The molecule has 120 valence electrons. The minimum Gasteiger partial charge on any atom is -0.357 e. The summed E-state index contributed by atoms with van der Waals surface area (Å²) in [7, 11) is -2.94. The molecule has 0 atom stereocenters. The van der Waals surface area contributed by atoms with Crippen LogP contribution in [0, 0.1) is 0 Å². The third-order valence-corrected chi connectivity index (χ3v) is 4.46. The smallest absolute Gasteiger partial charge is 0.191 e. The predicted molar refractivity (Wildman–Crippen MR) is 99.0 cm³/mol. The van der Waals surface area contributed by atoms with Crippen molar-refractivity contribution in [2.45, 2.75) is 20.4 Å². The summed E-state index contributed by atoms with van der Waals surface area (Å²) in [6.45, 7) is 5.31. The summed E-state index contributed by atoms with van der Waals surface area (Å²) >= 11 is 0. The van der Waals surface area contributed by atoms with Crippen molar-refractivity contribution in [3.05, 3.63) is 35.9 Å². The van der Waals surface area contributed by atoms with Gasteiger partial charge in [-0.15, -0.1) is 24.0 Å². The number of hydrogen-bond acceptors (Lipinski definition) is 3. The molecule has 0 aliphatic carbocycles. The van der Waals surface area contributed by atoms with E-state index < -0.39 is 9.84 Å². The van der Waals surface area contributed by atoms with Crippen LogP contribution in [-0.4, -0.2) is 39.0 Å². The fourth-order valence-corrected chi connectivity index (χ4v) is 2.27. The van der Waals surface area contributed by atoms with Gasteiger partial charge in [-0.25, -0.2) is 13.4 Å². The molecule has 0 amide bonds. The Morgan fingerprint density at radius 3 is 2.38 bits per heavy atom. The zero-order chi connectivity index (χ0) is 14.8. The van der Waals surface area contributed by atoms with Gasteiger partial charge in [0.05, 0.1) is 12.3 Å². The van der Waals surface area contributed by atoms with E-state index in [0.717, 1.165) is 12.1 Å². The van der Waals surface area contributed by atoms with Crippen LogP contribution in [-0.2, 0) is 16.4 Å². The number of rotatable bonds is 7. The molecule has 1 aromatic rings. The Bertz CT molecular complexity index is 518. The van der Waals surface area contributed by atoms with Crippen molar-refractivity contribution < 1.29 is 8.42 Å². The van der Waals surface area contributed by atoms with Crippen LogP contribution in [0.5, 0.6) is 0 Å². The number of nitrogens with one attached hydrogen (secondary N) is 2. The molecule has 0 bridgehead atoms. The van der Waals surface area contributed by atoms with E-state index in [1.807, 2.05) is 37.3 Å². The average molecular weight is 425 g/mol. The van der Waals surface area contributed by atoms with Gasteiger partial charge >= 0.3 is 0 Å². The predicted octanol–water partition coefficient (Wildman–Crippen LogP) is 1.79. The largest absolute Gasteiger partial charge is 0.357 e. The summed E-state index contributed by atoms with van der Waals surface area (Å²) in [4.78, 5) is 4.43. The molecular weight excluding hydrogens is 401 g/mol. The van der Waals surface area contributed by atoms with E-state index in [9.17, 15) is 8.42 Å². The van der Waals surface area contributed by atoms with E-state index in [-0.39, 0.29) is 35.5 Å². The van der Waals surface area contributed by atoms with Crippen LogP contribution in [0.3, 0.4) is 0 Å². The zero-order valence-electron chi connectivity index (χ0n) is 12.5. The Morgan fingerprint density at radius 2 is 1.81 bits per heavy atom. The van der Waals surface area contributed by atoms with Crippen LogP contribution < -0.4 is 10.6 Å². The molecule has 5 nitrogen and oxygen atoms in total. The van der Waals surface area contributed by atoms with Crippen LogP contribution in [0.1, 0.15) is 19.4 Å². The minimum atomic E-state index is -2.94. The lowest BCUT2D eigenvalue weighted by atomic mass is 10.2. The van der Waals surface area contributed by atoms with Gasteiger partial charge in [-0.3, -0.25) is 0 Å². The first kappa shape index (κ1) is 20.2. The lowest BCUT2D eigenvalue weighted by Crippen LogP contribution is -2.39. The fourth-order valence-electron chi connectivity index (χ4n) is 1.56. The molecule has 21 heavy (non-hydrogen) atoms. The molecular formula is C14H24IN3O2S. The Hall–Kier alpha value is -0.830. The Kier molecular flexibility index (Phi) is 10.4. The van der Waals surface area contributed by atoms with Gasteiger partial charge in [0.15, 0.2) is 15.8 Å². The number of nitrogens with zero attached hydrogens (tertiary/aromatic N) is 1. The topological polar surface area (TPSA) is 70.6 Å². The summed E-state index contributed by atoms with van der Waals surface area (Å²) < 4.78 is 22.8. The molecule has 0 saturated heterocycles. The highest BCUT2D eigenvalue weighted by Crippen LogP contribution is 1.99. The highest BCUT2D eigenvalue weighted by molar-refractivity contribution is 14.0. The molecule has 0 aromatic heterocycles. The van der Waals surface area contributed by atoms with Crippen molar-refractivity contribution in [1.29, 1.82) is 0 Å². The van der Waals surface area contributed by atoms with Gasteiger partial charge in [0.1, 0.15) is 0 Å². The maximum absolute atomic E-state index is 11.4. The summed E-state index contributed by atoms with van der Waals surface area (Å²) in [6, 6.07) is 9.92. The molecule has 0 unspecified atom stereocenters. The summed E-state index contributed by atoms with van der Waals surface area (Å²) in [6.07, 6.45) is 0.